The number of aryl methyl sites for hydroxylation is 2. The lowest BCUT2D eigenvalue weighted by atomic mass is 10.0. The van der Waals surface area contributed by atoms with Crippen molar-refractivity contribution in [1.29, 1.82) is 0 Å². The van der Waals surface area contributed by atoms with Crippen LogP contribution >= 0.6 is 0 Å². The maximum atomic E-state index is 13.8. The van der Waals surface area contributed by atoms with Gasteiger partial charge in [0.25, 0.3) is 5.91 Å². The predicted octanol–water partition coefficient (Wildman–Crippen LogP) is 2.78. The molecular formula is C15H17FN2O. The van der Waals surface area contributed by atoms with E-state index in [-0.39, 0.29) is 11.7 Å². The van der Waals surface area contributed by atoms with Gasteiger partial charge in [-0.25, -0.2) is 4.39 Å². The normalized spacial score (nSPS) is 14.6. The minimum absolute atomic E-state index is 0.0530. The molecule has 0 spiro atoms. The third kappa shape index (κ3) is 1.74. The molecule has 0 saturated carbocycles. The molecule has 1 aromatic carbocycles. The van der Waals surface area contributed by atoms with Gasteiger partial charge in [-0.15, -0.1) is 0 Å². The first kappa shape index (κ1) is 12.2. The van der Waals surface area contributed by atoms with E-state index in [1.54, 1.807) is 12.1 Å². The summed E-state index contributed by atoms with van der Waals surface area (Å²) in [6.07, 6.45) is 1.79. The van der Waals surface area contributed by atoms with Gasteiger partial charge in [-0.3, -0.25) is 4.79 Å². The van der Waals surface area contributed by atoms with Crippen molar-refractivity contribution in [1.82, 2.24) is 9.88 Å². The maximum absolute atomic E-state index is 13.8. The van der Waals surface area contributed by atoms with Crippen molar-refractivity contribution in [3.63, 3.8) is 0 Å². The van der Waals surface area contributed by atoms with Gasteiger partial charge in [-0.1, -0.05) is 13.3 Å². The molecule has 100 valence electrons. The van der Waals surface area contributed by atoms with Gasteiger partial charge in [0.1, 0.15) is 11.5 Å². The Bertz CT molecular complexity index is 673. The molecule has 1 aliphatic rings. The molecule has 2 aromatic rings. The molecule has 1 aromatic heterocycles. The number of nitrogens with zero attached hydrogens (tertiary/aromatic N) is 1. The van der Waals surface area contributed by atoms with E-state index in [0.717, 1.165) is 41.4 Å². The van der Waals surface area contributed by atoms with E-state index in [0.29, 0.717) is 12.2 Å². The minimum atomic E-state index is -0.220. The van der Waals surface area contributed by atoms with Crippen molar-refractivity contribution >= 4 is 16.8 Å². The average molecular weight is 260 g/mol. The number of carbonyl (C=O) groups is 1. The van der Waals surface area contributed by atoms with Crippen LogP contribution in [-0.4, -0.2) is 17.0 Å². The number of rotatable bonds is 2. The third-order valence-electron chi connectivity index (χ3n) is 3.81. The number of benzene rings is 1. The van der Waals surface area contributed by atoms with Gasteiger partial charge in [-0.05, 0) is 36.6 Å². The molecule has 0 aliphatic carbocycles. The molecule has 0 radical (unpaired) electrons. The monoisotopic (exact) mass is 260 g/mol. The topological polar surface area (TPSA) is 34.0 Å². The SMILES string of the molecule is CCCc1cc(F)cc2c(C)c3n(c12)CCNC3=O. The molecule has 0 atom stereocenters. The second kappa shape index (κ2) is 4.37. The van der Waals surface area contributed by atoms with E-state index in [1.807, 2.05) is 11.5 Å². The average Bonchev–Trinajstić information content (AvgIpc) is 2.65. The first-order valence-electron chi connectivity index (χ1n) is 6.73. The van der Waals surface area contributed by atoms with Crippen LogP contribution in [0.5, 0.6) is 0 Å². The van der Waals surface area contributed by atoms with Crippen LogP contribution in [0.15, 0.2) is 12.1 Å². The lowest BCUT2D eigenvalue weighted by Crippen LogP contribution is -2.35. The summed E-state index contributed by atoms with van der Waals surface area (Å²) in [4.78, 5) is 12.0. The van der Waals surface area contributed by atoms with Crippen molar-refractivity contribution in [2.75, 3.05) is 6.54 Å². The van der Waals surface area contributed by atoms with Crippen molar-refractivity contribution in [2.45, 2.75) is 33.2 Å². The summed E-state index contributed by atoms with van der Waals surface area (Å²) in [5, 5.41) is 3.72. The number of fused-ring (bicyclic) bond motifs is 3. The zero-order chi connectivity index (χ0) is 13.6. The molecule has 3 nitrogen and oxygen atoms in total. The predicted molar refractivity (Wildman–Crippen MR) is 73.0 cm³/mol. The Kier molecular flexibility index (Phi) is 2.81. The van der Waals surface area contributed by atoms with Crippen LogP contribution in [0.1, 0.15) is 35.0 Å². The van der Waals surface area contributed by atoms with Crippen molar-refractivity contribution in [3.8, 4) is 0 Å². The lowest BCUT2D eigenvalue weighted by Gasteiger charge is -2.18. The Hall–Kier alpha value is -1.84. The smallest absolute Gasteiger partial charge is 0.268 e. The molecule has 1 amide bonds. The molecule has 4 heteroatoms. The van der Waals surface area contributed by atoms with Gasteiger partial charge in [0, 0.05) is 18.5 Å². The molecule has 1 N–H and O–H groups in total. The zero-order valence-corrected chi connectivity index (χ0v) is 11.2. The summed E-state index contributed by atoms with van der Waals surface area (Å²) < 4.78 is 15.8. The molecule has 0 fully saturated rings. The summed E-state index contributed by atoms with van der Waals surface area (Å²) in [5.41, 5.74) is 3.60. The lowest BCUT2D eigenvalue weighted by molar-refractivity contribution is 0.0928. The highest BCUT2D eigenvalue weighted by Crippen LogP contribution is 2.31. The Morgan fingerprint density at radius 3 is 2.95 bits per heavy atom. The fourth-order valence-electron chi connectivity index (χ4n) is 3.04. The highest BCUT2D eigenvalue weighted by Gasteiger charge is 2.25. The van der Waals surface area contributed by atoms with Gasteiger partial charge < -0.3 is 9.88 Å². The highest BCUT2D eigenvalue weighted by atomic mass is 19.1. The van der Waals surface area contributed by atoms with Gasteiger partial charge in [0.2, 0.25) is 0 Å². The number of aromatic nitrogens is 1. The van der Waals surface area contributed by atoms with Crippen molar-refractivity contribution < 1.29 is 9.18 Å². The number of hydrogen-bond acceptors (Lipinski definition) is 1. The number of halogens is 1. The first-order chi connectivity index (χ1) is 9.13. The number of nitrogens with one attached hydrogen (secondary N) is 1. The zero-order valence-electron chi connectivity index (χ0n) is 11.2. The van der Waals surface area contributed by atoms with Gasteiger partial charge in [-0.2, -0.15) is 0 Å². The van der Waals surface area contributed by atoms with Crippen LogP contribution in [0.3, 0.4) is 0 Å². The van der Waals surface area contributed by atoms with E-state index < -0.39 is 0 Å². The molecule has 3 rings (SSSR count). The van der Waals surface area contributed by atoms with Crippen LogP contribution in [-0.2, 0) is 13.0 Å². The summed E-state index contributed by atoms with van der Waals surface area (Å²) in [7, 11) is 0. The molecular weight excluding hydrogens is 243 g/mol. The van der Waals surface area contributed by atoms with Crippen LogP contribution in [0.2, 0.25) is 0 Å². The first-order valence-corrected chi connectivity index (χ1v) is 6.73. The van der Waals surface area contributed by atoms with Crippen LogP contribution in [0, 0.1) is 12.7 Å². The summed E-state index contributed by atoms with van der Waals surface area (Å²) in [6.45, 7) is 5.37. The number of amides is 1. The molecule has 0 bridgehead atoms. The standard InChI is InChI=1S/C15H17FN2O/c1-3-4-10-7-11(16)8-12-9(2)13-15(19)17-5-6-18(13)14(10)12/h7-8H,3-6H2,1-2H3,(H,17,19). The van der Waals surface area contributed by atoms with Crippen molar-refractivity contribution in [3.05, 3.63) is 34.8 Å². The van der Waals surface area contributed by atoms with E-state index in [2.05, 4.69) is 12.2 Å². The minimum Gasteiger partial charge on any atom is -0.349 e. The summed E-state index contributed by atoms with van der Waals surface area (Å²) in [5.74, 6) is -0.273. The van der Waals surface area contributed by atoms with Crippen LogP contribution < -0.4 is 5.32 Å². The molecule has 1 aliphatic heterocycles. The Morgan fingerprint density at radius 2 is 2.21 bits per heavy atom. The quantitative estimate of drug-likeness (QED) is 0.885. The van der Waals surface area contributed by atoms with Gasteiger partial charge in [0.05, 0.1) is 5.52 Å². The molecule has 2 heterocycles. The number of hydrogen-bond donors (Lipinski definition) is 1. The second-order valence-electron chi connectivity index (χ2n) is 5.09. The van der Waals surface area contributed by atoms with E-state index in [4.69, 9.17) is 0 Å². The summed E-state index contributed by atoms with van der Waals surface area (Å²) in [6, 6.07) is 3.15. The largest absolute Gasteiger partial charge is 0.349 e. The molecule has 19 heavy (non-hydrogen) atoms. The highest BCUT2D eigenvalue weighted by molar-refractivity contribution is 6.03. The van der Waals surface area contributed by atoms with Crippen LogP contribution in [0.4, 0.5) is 4.39 Å². The van der Waals surface area contributed by atoms with Gasteiger partial charge in [0.15, 0.2) is 0 Å². The molecule has 0 unspecified atom stereocenters. The fourth-order valence-corrected chi connectivity index (χ4v) is 3.04. The second-order valence-corrected chi connectivity index (χ2v) is 5.09. The Labute approximate surface area is 111 Å². The Morgan fingerprint density at radius 1 is 1.42 bits per heavy atom. The number of carbonyl (C=O) groups excluding carboxylic acids is 1. The van der Waals surface area contributed by atoms with Gasteiger partial charge >= 0.3 is 0 Å². The van der Waals surface area contributed by atoms with E-state index in [1.165, 1.54) is 0 Å². The van der Waals surface area contributed by atoms with Crippen molar-refractivity contribution in [2.24, 2.45) is 0 Å². The summed E-state index contributed by atoms with van der Waals surface area (Å²) >= 11 is 0. The molecule has 0 saturated heterocycles. The van der Waals surface area contributed by atoms with Crippen LogP contribution in [0.25, 0.3) is 10.9 Å². The van der Waals surface area contributed by atoms with E-state index >= 15 is 0 Å². The Balaban J connectivity index is 2.39. The van der Waals surface area contributed by atoms with E-state index in [9.17, 15) is 9.18 Å². The third-order valence-corrected chi connectivity index (χ3v) is 3.81. The maximum Gasteiger partial charge on any atom is 0.268 e. The fraction of sp³-hybridized carbons (Fsp3) is 0.400.